The number of hydrogen-bond donors (Lipinski definition) is 1. The van der Waals surface area contributed by atoms with E-state index >= 15 is 0 Å². The number of aryl methyl sites for hydroxylation is 1. The molecule has 1 saturated carbocycles. The summed E-state index contributed by atoms with van der Waals surface area (Å²) in [6.45, 7) is 7.46. The second-order valence-corrected chi connectivity index (χ2v) is 9.39. The van der Waals surface area contributed by atoms with Crippen molar-refractivity contribution in [3.8, 4) is 11.6 Å². The topological polar surface area (TPSA) is 79.7 Å². The molecule has 0 atom stereocenters. The lowest BCUT2D eigenvalue weighted by Gasteiger charge is -2.34. The number of carboxylic acid groups (broad SMARTS) is 1. The molecular weight excluding hydrogens is 461 g/mol. The molecule has 0 aliphatic heterocycles. The maximum absolute atomic E-state index is 13.6. The molecule has 0 bridgehead atoms. The molecule has 1 aliphatic carbocycles. The van der Waals surface area contributed by atoms with Crippen molar-refractivity contribution < 1.29 is 32.6 Å². The molecule has 0 saturated heterocycles. The van der Waals surface area contributed by atoms with Crippen LogP contribution in [-0.4, -0.2) is 28.0 Å². The Morgan fingerprint density at radius 3 is 2.37 bits per heavy atom. The van der Waals surface area contributed by atoms with Gasteiger partial charge in [-0.05, 0) is 81.7 Å². The van der Waals surface area contributed by atoms with Crippen molar-refractivity contribution in [1.82, 2.24) is 4.98 Å². The molecule has 2 aromatic rings. The first kappa shape index (κ1) is 26.5. The van der Waals surface area contributed by atoms with Crippen LogP contribution in [0.2, 0.25) is 0 Å². The number of ether oxygens (including phenoxy) is 1. The van der Waals surface area contributed by atoms with E-state index in [1.807, 2.05) is 0 Å². The van der Waals surface area contributed by atoms with Gasteiger partial charge in [-0.1, -0.05) is 13.8 Å². The zero-order valence-corrected chi connectivity index (χ0v) is 20.4. The molecule has 1 aromatic heterocycles. The fourth-order valence-corrected chi connectivity index (χ4v) is 4.40. The molecule has 0 radical (unpaired) electrons. The lowest BCUT2D eigenvalue weighted by molar-refractivity contribution is -0.139. The largest absolute Gasteiger partial charge is 0.478 e. The highest BCUT2D eigenvalue weighted by Gasteiger charge is 2.36. The monoisotopic (exact) mass is 492 g/mol. The minimum absolute atomic E-state index is 0.115. The average Bonchev–Trinajstić information content (AvgIpc) is 2.79. The van der Waals surface area contributed by atoms with E-state index in [0.717, 1.165) is 37.8 Å². The summed E-state index contributed by atoms with van der Waals surface area (Å²) in [6.07, 6.45) is 0.327. The molecule has 1 heterocycles. The quantitative estimate of drug-likeness (QED) is 0.464. The average molecular weight is 493 g/mol. The number of rotatable bonds is 7. The second-order valence-electron chi connectivity index (χ2n) is 9.39. The van der Waals surface area contributed by atoms with Crippen molar-refractivity contribution in [3.63, 3.8) is 0 Å². The highest BCUT2D eigenvalue weighted by atomic mass is 19.4. The molecule has 0 spiro atoms. The van der Waals surface area contributed by atoms with Crippen molar-refractivity contribution >= 4 is 17.6 Å². The lowest BCUT2D eigenvalue weighted by atomic mass is 9.82. The first-order valence-corrected chi connectivity index (χ1v) is 11.9. The van der Waals surface area contributed by atoms with Crippen LogP contribution in [-0.2, 0) is 17.4 Å². The number of benzene rings is 1. The maximum atomic E-state index is 13.6. The van der Waals surface area contributed by atoms with Crippen LogP contribution in [0, 0.1) is 11.8 Å². The van der Waals surface area contributed by atoms with Gasteiger partial charge in [0, 0.05) is 18.2 Å². The number of hydrogen-bond acceptors (Lipinski definition) is 4. The SMILES string of the molecule is CCc1cnc(Oc2ccc(N(C(=O)[C@H]3CC[C@H](C)CC3)C(C)C)c(C(=O)O)c2)c(C(F)(F)F)c1. The van der Waals surface area contributed by atoms with E-state index in [-0.39, 0.29) is 34.9 Å². The molecule has 1 amide bonds. The summed E-state index contributed by atoms with van der Waals surface area (Å²) in [5.74, 6) is -1.87. The molecule has 1 fully saturated rings. The van der Waals surface area contributed by atoms with Crippen LogP contribution in [0.4, 0.5) is 18.9 Å². The van der Waals surface area contributed by atoms with Crippen LogP contribution in [0.3, 0.4) is 0 Å². The number of pyridine rings is 1. The Hall–Kier alpha value is -3.10. The summed E-state index contributed by atoms with van der Waals surface area (Å²) < 4.78 is 46.1. The Morgan fingerprint density at radius 1 is 1.17 bits per heavy atom. The van der Waals surface area contributed by atoms with Crippen molar-refractivity contribution in [2.45, 2.75) is 72.0 Å². The summed E-state index contributed by atoms with van der Waals surface area (Å²) in [6, 6.07) is 4.57. The van der Waals surface area contributed by atoms with Crippen molar-refractivity contribution in [3.05, 3.63) is 47.2 Å². The number of anilines is 1. The fraction of sp³-hybridized carbons (Fsp3) is 0.500. The third-order valence-corrected chi connectivity index (χ3v) is 6.41. The van der Waals surface area contributed by atoms with E-state index in [4.69, 9.17) is 4.74 Å². The predicted octanol–water partition coefficient (Wildman–Crippen LogP) is 6.72. The van der Waals surface area contributed by atoms with Crippen LogP contribution in [0.15, 0.2) is 30.5 Å². The summed E-state index contributed by atoms with van der Waals surface area (Å²) in [5, 5.41) is 9.88. The Balaban J connectivity index is 1.97. The minimum atomic E-state index is -4.69. The van der Waals surface area contributed by atoms with Gasteiger partial charge in [0.1, 0.15) is 11.3 Å². The molecule has 3 rings (SSSR count). The molecule has 9 heteroatoms. The van der Waals surface area contributed by atoms with Crippen LogP contribution < -0.4 is 9.64 Å². The molecule has 190 valence electrons. The number of carboxylic acids is 1. The van der Waals surface area contributed by atoms with Crippen molar-refractivity contribution in [2.75, 3.05) is 4.90 Å². The Labute approximate surface area is 203 Å². The maximum Gasteiger partial charge on any atom is 0.421 e. The van der Waals surface area contributed by atoms with Gasteiger partial charge in [-0.2, -0.15) is 13.2 Å². The van der Waals surface area contributed by atoms with Gasteiger partial charge in [-0.25, -0.2) is 9.78 Å². The number of aromatic nitrogens is 1. The van der Waals surface area contributed by atoms with E-state index in [9.17, 15) is 27.9 Å². The molecule has 35 heavy (non-hydrogen) atoms. The molecule has 1 aliphatic rings. The molecule has 1 N–H and O–H groups in total. The number of alkyl halides is 3. The third kappa shape index (κ3) is 6.13. The Morgan fingerprint density at radius 2 is 1.83 bits per heavy atom. The zero-order chi connectivity index (χ0) is 25.9. The van der Waals surface area contributed by atoms with Crippen LogP contribution in [0.5, 0.6) is 11.6 Å². The highest BCUT2D eigenvalue weighted by molar-refractivity contribution is 6.03. The number of amides is 1. The number of halogens is 3. The Kier molecular flexibility index (Phi) is 8.07. The van der Waals surface area contributed by atoms with Crippen LogP contribution >= 0.6 is 0 Å². The predicted molar refractivity (Wildman–Crippen MR) is 126 cm³/mol. The first-order valence-electron chi connectivity index (χ1n) is 11.9. The van der Waals surface area contributed by atoms with Gasteiger partial charge in [0.15, 0.2) is 0 Å². The Bertz CT molecular complexity index is 1080. The number of carbonyl (C=O) groups is 2. The molecule has 1 aromatic carbocycles. The number of aromatic carboxylic acids is 1. The van der Waals surface area contributed by atoms with Crippen LogP contribution in [0.1, 0.15) is 74.9 Å². The van der Waals surface area contributed by atoms with Gasteiger partial charge in [0.25, 0.3) is 0 Å². The number of nitrogens with zero attached hydrogens (tertiary/aromatic N) is 2. The smallest absolute Gasteiger partial charge is 0.421 e. The molecule has 6 nitrogen and oxygen atoms in total. The van der Waals surface area contributed by atoms with Gasteiger partial charge in [0.2, 0.25) is 11.8 Å². The minimum Gasteiger partial charge on any atom is -0.478 e. The second kappa shape index (κ2) is 10.7. The van der Waals surface area contributed by atoms with E-state index in [1.54, 1.807) is 20.8 Å². The molecule has 0 unspecified atom stereocenters. The lowest BCUT2D eigenvalue weighted by Crippen LogP contribution is -2.42. The highest BCUT2D eigenvalue weighted by Crippen LogP contribution is 2.39. The van der Waals surface area contributed by atoms with E-state index in [2.05, 4.69) is 11.9 Å². The zero-order valence-electron chi connectivity index (χ0n) is 20.4. The first-order chi connectivity index (χ1) is 16.4. The fourth-order valence-electron chi connectivity index (χ4n) is 4.40. The summed E-state index contributed by atoms with van der Waals surface area (Å²) in [7, 11) is 0. The van der Waals surface area contributed by atoms with Crippen molar-refractivity contribution in [1.29, 1.82) is 0 Å². The summed E-state index contributed by atoms with van der Waals surface area (Å²) >= 11 is 0. The summed E-state index contributed by atoms with van der Waals surface area (Å²) in [5.41, 5.74) is -0.681. The normalized spacial score (nSPS) is 18.4. The molecular formula is C26H31F3N2O4. The summed E-state index contributed by atoms with van der Waals surface area (Å²) in [4.78, 5) is 30.8. The van der Waals surface area contributed by atoms with Gasteiger partial charge >= 0.3 is 12.1 Å². The van der Waals surface area contributed by atoms with E-state index in [1.165, 1.54) is 23.2 Å². The van der Waals surface area contributed by atoms with E-state index < -0.39 is 23.6 Å². The van der Waals surface area contributed by atoms with Gasteiger partial charge in [-0.15, -0.1) is 0 Å². The van der Waals surface area contributed by atoms with Crippen molar-refractivity contribution in [2.24, 2.45) is 11.8 Å². The standard InChI is InChI=1S/C26H31F3N2O4/c1-5-17-12-21(26(27,28)29)23(30-14-17)35-19-10-11-22(20(13-19)25(33)34)31(15(2)3)24(32)18-8-6-16(4)7-9-18/h10-16,18H,5-9H2,1-4H3,(H,33,34)/t16-,18-. The van der Waals surface area contributed by atoms with Gasteiger partial charge in [-0.3, -0.25) is 4.79 Å². The van der Waals surface area contributed by atoms with Gasteiger partial charge in [0.05, 0.1) is 11.3 Å². The third-order valence-electron chi connectivity index (χ3n) is 6.41. The van der Waals surface area contributed by atoms with Crippen LogP contribution in [0.25, 0.3) is 0 Å². The van der Waals surface area contributed by atoms with Gasteiger partial charge < -0.3 is 14.7 Å². The number of carbonyl (C=O) groups excluding carboxylic acids is 1. The van der Waals surface area contributed by atoms with E-state index in [0.29, 0.717) is 17.9 Å².